The van der Waals surface area contributed by atoms with Crippen molar-refractivity contribution in [3.05, 3.63) is 0 Å². The average molecular weight is 241 g/mol. The van der Waals surface area contributed by atoms with Crippen LogP contribution in [0.5, 0.6) is 0 Å². The van der Waals surface area contributed by atoms with Crippen molar-refractivity contribution in [2.45, 2.75) is 51.2 Å². The van der Waals surface area contributed by atoms with Gasteiger partial charge in [-0.25, -0.2) is 0 Å². The van der Waals surface area contributed by atoms with Crippen LogP contribution in [0.1, 0.15) is 39.0 Å². The van der Waals surface area contributed by atoms with Gasteiger partial charge in [-0.3, -0.25) is 4.79 Å². The molecule has 0 spiro atoms. The van der Waals surface area contributed by atoms with Crippen molar-refractivity contribution in [3.63, 3.8) is 0 Å². The van der Waals surface area contributed by atoms with E-state index in [-0.39, 0.29) is 24.5 Å². The summed E-state index contributed by atoms with van der Waals surface area (Å²) in [4.78, 5) is 12.0. The molecule has 1 saturated heterocycles. The number of aliphatic hydroxyl groups is 1. The van der Waals surface area contributed by atoms with Gasteiger partial charge in [0.25, 0.3) is 0 Å². The normalized spacial score (nSPS) is 38.0. The minimum absolute atomic E-state index is 0.0329. The number of carbonyl (C=O) groups is 1. The Hall–Kier alpha value is -0.610. The van der Waals surface area contributed by atoms with Crippen LogP contribution in [0.4, 0.5) is 0 Å². The molecule has 1 heterocycles. The predicted molar refractivity (Wildman–Crippen MR) is 64.5 cm³/mol. The first-order chi connectivity index (χ1) is 8.20. The highest BCUT2D eigenvalue weighted by atomic mass is 16.5. The second-order valence-electron chi connectivity index (χ2n) is 5.38. The second kappa shape index (κ2) is 5.83. The topological polar surface area (TPSA) is 58.6 Å². The summed E-state index contributed by atoms with van der Waals surface area (Å²) in [5.41, 5.74) is 0. The first-order valence-electron chi connectivity index (χ1n) is 6.73. The van der Waals surface area contributed by atoms with Crippen molar-refractivity contribution >= 4 is 5.91 Å². The van der Waals surface area contributed by atoms with E-state index in [0.717, 1.165) is 32.1 Å². The van der Waals surface area contributed by atoms with E-state index in [0.29, 0.717) is 18.6 Å². The molecule has 0 aromatic carbocycles. The smallest absolute Gasteiger partial charge is 0.226 e. The molecule has 0 aromatic rings. The van der Waals surface area contributed by atoms with Crippen LogP contribution >= 0.6 is 0 Å². The summed E-state index contributed by atoms with van der Waals surface area (Å²) in [5.74, 6) is 0.630. The third-order valence-electron chi connectivity index (χ3n) is 4.16. The summed E-state index contributed by atoms with van der Waals surface area (Å²) in [6, 6.07) is 0.304. The molecular weight excluding hydrogens is 218 g/mol. The Bertz CT molecular complexity index is 261. The molecule has 1 aliphatic carbocycles. The van der Waals surface area contributed by atoms with Crippen molar-refractivity contribution in [2.24, 2.45) is 11.8 Å². The van der Waals surface area contributed by atoms with Crippen LogP contribution in [0.25, 0.3) is 0 Å². The molecule has 0 radical (unpaired) electrons. The van der Waals surface area contributed by atoms with Crippen molar-refractivity contribution < 1.29 is 14.6 Å². The molecule has 1 amide bonds. The van der Waals surface area contributed by atoms with Gasteiger partial charge in [0.1, 0.15) is 0 Å². The summed E-state index contributed by atoms with van der Waals surface area (Å²) >= 11 is 0. The highest BCUT2D eigenvalue weighted by Crippen LogP contribution is 2.25. The Labute approximate surface area is 103 Å². The molecule has 4 nitrogen and oxygen atoms in total. The van der Waals surface area contributed by atoms with Gasteiger partial charge < -0.3 is 15.2 Å². The van der Waals surface area contributed by atoms with Gasteiger partial charge in [0.2, 0.25) is 5.91 Å². The molecular formula is C13H23NO3. The van der Waals surface area contributed by atoms with Crippen LogP contribution in [0.3, 0.4) is 0 Å². The lowest BCUT2D eigenvalue weighted by Crippen LogP contribution is -2.42. The molecule has 17 heavy (non-hydrogen) atoms. The first-order valence-corrected chi connectivity index (χ1v) is 6.73. The number of aliphatic hydroxyl groups excluding tert-OH is 1. The third-order valence-corrected chi connectivity index (χ3v) is 4.16. The fourth-order valence-corrected chi connectivity index (χ4v) is 2.87. The maximum Gasteiger partial charge on any atom is 0.226 e. The van der Waals surface area contributed by atoms with Crippen LogP contribution in [-0.4, -0.2) is 36.4 Å². The molecule has 0 bridgehead atoms. The zero-order valence-corrected chi connectivity index (χ0v) is 10.5. The lowest BCUT2D eigenvalue weighted by atomic mass is 9.86. The SMILES string of the molecule is CC1OCCC1C(=O)NC1CCC(CO)CC1. The van der Waals surface area contributed by atoms with Gasteiger partial charge in [0.15, 0.2) is 0 Å². The number of hydrogen-bond acceptors (Lipinski definition) is 3. The van der Waals surface area contributed by atoms with E-state index >= 15 is 0 Å². The summed E-state index contributed by atoms with van der Waals surface area (Å²) in [5, 5.41) is 12.2. The van der Waals surface area contributed by atoms with Gasteiger partial charge in [-0.15, -0.1) is 0 Å². The molecule has 2 unspecified atom stereocenters. The number of nitrogens with one attached hydrogen (secondary N) is 1. The number of amides is 1. The zero-order valence-electron chi connectivity index (χ0n) is 10.5. The van der Waals surface area contributed by atoms with Gasteiger partial charge in [0, 0.05) is 19.3 Å². The number of carbonyl (C=O) groups excluding carboxylic acids is 1. The van der Waals surface area contributed by atoms with Gasteiger partial charge in [-0.05, 0) is 44.9 Å². The molecule has 2 atom stereocenters. The average Bonchev–Trinajstić information content (AvgIpc) is 2.76. The van der Waals surface area contributed by atoms with E-state index in [1.54, 1.807) is 0 Å². The molecule has 0 aromatic heterocycles. The van der Waals surface area contributed by atoms with Crippen molar-refractivity contribution in [1.82, 2.24) is 5.32 Å². The molecule has 2 aliphatic rings. The number of ether oxygens (including phenoxy) is 1. The Balaban J connectivity index is 1.76. The summed E-state index contributed by atoms with van der Waals surface area (Å²) in [7, 11) is 0. The lowest BCUT2D eigenvalue weighted by molar-refractivity contribution is -0.127. The Morgan fingerprint density at radius 2 is 2.00 bits per heavy atom. The van der Waals surface area contributed by atoms with E-state index in [9.17, 15) is 4.79 Å². The lowest BCUT2D eigenvalue weighted by Gasteiger charge is -2.29. The maximum atomic E-state index is 12.0. The maximum absolute atomic E-state index is 12.0. The summed E-state index contributed by atoms with van der Waals surface area (Å²) < 4.78 is 5.42. The number of rotatable bonds is 3. The van der Waals surface area contributed by atoms with E-state index in [4.69, 9.17) is 9.84 Å². The predicted octanol–water partition coefficient (Wildman–Crippen LogP) is 1.08. The minimum Gasteiger partial charge on any atom is -0.396 e. The standard InChI is InChI=1S/C13H23NO3/c1-9-12(6-7-17-9)13(16)14-11-4-2-10(8-15)3-5-11/h9-12,15H,2-8H2,1H3,(H,14,16). The van der Waals surface area contributed by atoms with Crippen molar-refractivity contribution in [2.75, 3.05) is 13.2 Å². The minimum atomic E-state index is 0.0329. The van der Waals surface area contributed by atoms with Gasteiger partial charge >= 0.3 is 0 Å². The second-order valence-corrected chi connectivity index (χ2v) is 5.38. The quantitative estimate of drug-likeness (QED) is 0.777. The van der Waals surface area contributed by atoms with Gasteiger partial charge in [-0.1, -0.05) is 0 Å². The van der Waals surface area contributed by atoms with Crippen LogP contribution in [-0.2, 0) is 9.53 Å². The van der Waals surface area contributed by atoms with Crippen LogP contribution in [0.2, 0.25) is 0 Å². The monoisotopic (exact) mass is 241 g/mol. The number of hydrogen-bond donors (Lipinski definition) is 2. The van der Waals surface area contributed by atoms with Crippen LogP contribution in [0, 0.1) is 11.8 Å². The molecule has 1 saturated carbocycles. The Morgan fingerprint density at radius 3 is 2.53 bits per heavy atom. The Morgan fingerprint density at radius 1 is 1.29 bits per heavy atom. The molecule has 1 aliphatic heterocycles. The molecule has 4 heteroatoms. The molecule has 2 N–H and O–H groups in total. The molecule has 2 rings (SSSR count). The van der Waals surface area contributed by atoms with Gasteiger partial charge in [-0.2, -0.15) is 0 Å². The summed E-state index contributed by atoms with van der Waals surface area (Å²) in [6.07, 6.45) is 4.96. The fourth-order valence-electron chi connectivity index (χ4n) is 2.87. The van der Waals surface area contributed by atoms with E-state index in [1.165, 1.54) is 0 Å². The van der Waals surface area contributed by atoms with E-state index < -0.39 is 0 Å². The Kier molecular flexibility index (Phi) is 4.40. The summed E-state index contributed by atoms with van der Waals surface area (Å²) in [6.45, 7) is 2.96. The highest BCUT2D eigenvalue weighted by Gasteiger charge is 2.32. The highest BCUT2D eigenvalue weighted by molar-refractivity contribution is 5.79. The largest absolute Gasteiger partial charge is 0.396 e. The fraction of sp³-hybridized carbons (Fsp3) is 0.923. The molecule has 2 fully saturated rings. The van der Waals surface area contributed by atoms with E-state index in [1.807, 2.05) is 6.92 Å². The van der Waals surface area contributed by atoms with Gasteiger partial charge in [0.05, 0.1) is 12.0 Å². The van der Waals surface area contributed by atoms with Crippen molar-refractivity contribution in [3.8, 4) is 0 Å². The van der Waals surface area contributed by atoms with Crippen LogP contribution in [0.15, 0.2) is 0 Å². The van der Waals surface area contributed by atoms with Crippen molar-refractivity contribution in [1.29, 1.82) is 0 Å². The first kappa shape index (κ1) is 12.8. The van der Waals surface area contributed by atoms with Crippen LogP contribution < -0.4 is 5.32 Å². The third kappa shape index (κ3) is 3.19. The zero-order chi connectivity index (χ0) is 12.3. The molecule has 98 valence electrons. The van der Waals surface area contributed by atoms with E-state index in [2.05, 4.69) is 5.32 Å².